The highest BCUT2D eigenvalue weighted by atomic mass is 16.5. The maximum absolute atomic E-state index is 12.5. The molecular weight excluding hydrogens is 276 g/mol. The summed E-state index contributed by atoms with van der Waals surface area (Å²) in [6, 6.07) is 0. The summed E-state index contributed by atoms with van der Waals surface area (Å²) in [6.45, 7) is 0.202. The summed E-state index contributed by atoms with van der Waals surface area (Å²) in [5.41, 5.74) is -0.0622. The molecule has 1 aliphatic rings. The van der Waals surface area contributed by atoms with Gasteiger partial charge in [-0.15, -0.1) is 0 Å². The molecule has 0 aromatic carbocycles. The van der Waals surface area contributed by atoms with Crippen LogP contribution in [0.1, 0.15) is 12.8 Å². The number of carbonyl (C=O) groups excluding carboxylic acids is 1. The molecule has 0 N–H and O–H groups in total. The van der Waals surface area contributed by atoms with Gasteiger partial charge in [0, 0.05) is 20.5 Å². The number of hydrogen-bond donors (Lipinski definition) is 0. The molecule has 0 radical (unpaired) electrons. The second-order valence-corrected chi connectivity index (χ2v) is 5.30. The van der Waals surface area contributed by atoms with E-state index in [0.717, 1.165) is 4.57 Å². The zero-order valence-corrected chi connectivity index (χ0v) is 11.9. The van der Waals surface area contributed by atoms with Crippen LogP contribution in [0.5, 0.6) is 0 Å². The quantitative estimate of drug-likeness (QED) is 0.722. The van der Waals surface area contributed by atoms with Gasteiger partial charge in [0.1, 0.15) is 6.61 Å². The van der Waals surface area contributed by atoms with Crippen molar-refractivity contribution in [1.82, 2.24) is 18.7 Å². The van der Waals surface area contributed by atoms with E-state index in [-0.39, 0.29) is 30.6 Å². The number of fused-ring (bicyclic) bond motifs is 1. The molecular formula is C13H16N4O4. The van der Waals surface area contributed by atoms with Crippen molar-refractivity contribution in [3.63, 3.8) is 0 Å². The maximum Gasteiger partial charge on any atom is 0.332 e. The van der Waals surface area contributed by atoms with Crippen LogP contribution in [0.3, 0.4) is 0 Å². The molecule has 8 heteroatoms. The minimum atomic E-state index is -0.424. The highest BCUT2D eigenvalue weighted by molar-refractivity contribution is 5.80. The summed E-state index contributed by atoms with van der Waals surface area (Å²) in [5.74, 6) is 0.0496. The Hall–Kier alpha value is -2.22. The molecule has 0 spiro atoms. The Kier molecular flexibility index (Phi) is 3.25. The monoisotopic (exact) mass is 292 g/mol. The lowest BCUT2D eigenvalue weighted by molar-refractivity contribution is -0.131. The molecule has 3 rings (SSSR count). The van der Waals surface area contributed by atoms with E-state index in [1.807, 2.05) is 0 Å². The van der Waals surface area contributed by atoms with E-state index in [0.29, 0.717) is 24.0 Å². The minimum Gasteiger partial charge on any atom is -0.369 e. The second-order valence-electron chi connectivity index (χ2n) is 5.30. The Morgan fingerprint density at radius 3 is 2.76 bits per heavy atom. The Bertz CT molecular complexity index is 819. The molecule has 112 valence electrons. The van der Waals surface area contributed by atoms with Crippen LogP contribution in [0.15, 0.2) is 15.9 Å². The van der Waals surface area contributed by atoms with Crippen molar-refractivity contribution in [1.29, 1.82) is 0 Å². The Morgan fingerprint density at radius 2 is 2.10 bits per heavy atom. The second kappa shape index (κ2) is 4.96. The van der Waals surface area contributed by atoms with Crippen LogP contribution in [0.25, 0.3) is 11.2 Å². The van der Waals surface area contributed by atoms with Crippen molar-refractivity contribution >= 4 is 16.9 Å². The summed E-state index contributed by atoms with van der Waals surface area (Å²) in [6.07, 6.45) is 2.16. The first-order valence-electron chi connectivity index (χ1n) is 6.73. The highest BCUT2D eigenvalue weighted by Crippen LogP contribution is 2.11. The van der Waals surface area contributed by atoms with Gasteiger partial charge in [-0.25, -0.2) is 9.78 Å². The topological polar surface area (TPSA) is 88.1 Å². The van der Waals surface area contributed by atoms with Crippen LogP contribution >= 0.6 is 0 Å². The van der Waals surface area contributed by atoms with Gasteiger partial charge >= 0.3 is 5.69 Å². The number of carbonyl (C=O) groups is 1. The third kappa shape index (κ3) is 2.21. The molecule has 1 saturated heterocycles. The fourth-order valence-corrected chi connectivity index (χ4v) is 2.59. The van der Waals surface area contributed by atoms with Gasteiger partial charge in [0.25, 0.3) is 5.56 Å². The molecule has 0 aliphatic carbocycles. The maximum atomic E-state index is 12.5. The van der Waals surface area contributed by atoms with Crippen LogP contribution in [-0.2, 0) is 30.2 Å². The number of nitrogens with zero attached hydrogens (tertiary/aromatic N) is 4. The van der Waals surface area contributed by atoms with E-state index in [2.05, 4.69) is 4.98 Å². The Morgan fingerprint density at radius 1 is 1.33 bits per heavy atom. The summed E-state index contributed by atoms with van der Waals surface area (Å²) < 4.78 is 9.49. The average molecular weight is 292 g/mol. The van der Waals surface area contributed by atoms with Crippen LogP contribution in [0.2, 0.25) is 0 Å². The zero-order chi connectivity index (χ0) is 15.1. The van der Waals surface area contributed by atoms with Crippen LogP contribution in [-0.4, -0.2) is 37.2 Å². The molecule has 8 nitrogen and oxygen atoms in total. The van der Waals surface area contributed by atoms with Crippen molar-refractivity contribution in [2.24, 2.45) is 14.1 Å². The van der Waals surface area contributed by atoms with Crippen LogP contribution in [0.4, 0.5) is 0 Å². The van der Waals surface area contributed by atoms with E-state index in [9.17, 15) is 14.4 Å². The van der Waals surface area contributed by atoms with Gasteiger partial charge in [0.05, 0.1) is 19.0 Å². The average Bonchev–Trinajstić information content (AvgIpc) is 2.85. The molecule has 3 heterocycles. The number of ether oxygens (including phenoxy) is 1. The van der Waals surface area contributed by atoms with Gasteiger partial charge in [-0.1, -0.05) is 0 Å². The minimum absolute atomic E-state index is 0.0493. The number of Topliss-reactive ketones (excluding diaryl/α,β-unsaturated/α-hetero) is 1. The number of aromatic nitrogens is 4. The van der Waals surface area contributed by atoms with E-state index < -0.39 is 5.69 Å². The summed E-state index contributed by atoms with van der Waals surface area (Å²) in [5, 5.41) is 0. The lowest BCUT2D eigenvalue weighted by atomic mass is 10.1. The van der Waals surface area contributed by atoms with Crippen molar-refractivity contribution in [3.05, 3.63) is 27.2 Å². The van der Waals surface area contributed by atoms with Gasteiger partial charge in [-0.2, -0.15) is 0 Å². The fraction of sp³-hybridized carbons (Fsp3) is 0.538. The first-order valence-corrected chi connectivity index (χ1v) is 6.73. The van der Waals surface area contributed by atoms with Crippen molar-refractivity contribution in [2.75, 3.05) is 6.61 Å². The van der Waals surface area contributed by atoms with Crippen molar-refractivity contribution in [2.45, 2.75) is 25.5 Å². The first kappa shape index (κ1) is 13.7. The first-order chi connectivity index (χ1) is 9.99. The van der Waals surface area contributed by atoms with E-state index in [4.69, 9.17) is 4.74 Å². The predicted molar refractivity (Wildman–Crippen MR) is 74.2 cm³/mol. The van der Waals surface area contributed by atoms with Crippen LogP contribution in [0, 0.1) is 0 Å². The van der Waals surface area contributed by atoms with Gasteiger partial charge in [0.2, 0.25) is 0 Å². The smallest absolute Gasteiger partial charge is 0.332 e. The van der Waals surface area contributed by atoms with Gasteiger partial charge in [-0.3, -0.25) is 18.7 Å². The molecule has 2 aromatic rings. The molecule has 21 heavy (non-hydrogen) atoms. The molecule has 1 unspecified atom stereocenters. The molecule has 0 amide bonds. The Balaban J connectivity index is 2.06. The van der Waals surface area contributed by atoms with Gasteiger partial charge in [0.15, 0.2) is 16.9 Å². The molecule has 2 aromatic heterocycles. The van der Waals surface area contributed by atoms with E-state index in [1.54, 1.807) is 18.7 Å². The molecule has 0 saturated carbocycles. The Labute approximate surface area is 119 Å². The number of hydrogen-bond acceptors (Lipinski definition) is 5. The van der Waals surface area contributed by atoms with E-state index in [1.165, 1.54) is 10.9 Å². The van der Waals surface area contributed by atoms with Gasteiger partial charge in [-0.05, 0) is 6.42 Å². The van der Waals surface area contributed by atoms with Gasteiger partial charge < -0.3 is 9.30 Å². The summed E-state index contributed by atoms with van der Waals surface area (Å²) >= 11 is 0. The normalized spacial score (nSPS) is 19.3. The molecule has 1 atom stereocenters. The number of imidazole rings is 1. The number of aryl methyl sites for hydroxylation is 2. The summed E-state index contributed by atoms with van der Waals surface area (Å²) in [7, 11) is 3.29. The lowest BCUT2D eigenvalue weighted by Crippen LogP contribution is -2.43. The predicted octanol–water partition coefficient (Wildman–Crippen LogP) is -0.818. The third-order valence-electron chi connectivity index (χ3n) is 3.81. The molecule has 0 bridgehead atoms. The van der Waals surface area contributed by atoms with E-state index >= 15 is 0 Å². The standard InChI is InChI=1S/C13H16N4O4/c1-15-7-14-11-10(15)12(19)17(13(20)16(11)2)5-9-4-3-8(18)6-21-9/h7,9H,3-6H2,1-2H3. The SMILES string of the molecule is Cn1cnc2c1c(=O)n(CC1CCC(=O)CO1)c(=O)n2C. The third-order valence-corrected chi connectivity index (χ3v) is 3.81. The van der Waals surface area contributed by atoms with Crippen LogP contribution < -0.4 is 11.2 Å². The summed E-state index contributed by atoms with van der Waals surface area (Å²) in [4.78, 5) is 40.0. The lowest BCUT2D eigenvalue weighted by Gasteiger charge is -2.22. The van der Waals surface area contributed by atoms with Crippen molar-refractivity contribution < 1.29 is 9.53 Å². The molecule has 1 fully saturated rings. The fourth-order valence-electron chi connectivity index (χ4n) is 2.59. The largest absolute Gasteiger partial charge is 0.369 e. The number of ketones is 1. The number of rotatable bonds is 2. The molecule has 1 aliphatic heterocycles. The van der Waals surface area contributed by atoms with Crippen molar-refractivity contribution in [3.8, 4) is 0 Å². The zero-order valence-electron chi connectivity index (χ0n) is 11.9. The highest BCUT2D eigenvalue weighted by Gasteiger charge is 2.22.